The third-order valence-electron chi connectivity index (χ3n) is 5.98. The Bertz CT molecular complexity index is 672. The first-order chi connectivity index (χ1) is 13.4. The fourth-order valence-corrected chi connectivity index (χ4v) is 4.21. The van der Waals surface area contributed by atoms with E-state index >= 15 is 0 Å². The Morgan fingerprint density at radius 1 is 1.18 bits per heavy atom. The van der Waals surface area contributed by atoms with E-state index in [9.17, 15) is 13.6 Å². The number of anilines is 1. The van der Waals surface area contributed by atoms with Crippen molar-refractivity contribution in [3.63, 3.8) is 0 Å². The zero-order valence-electron chi connectivity index (χ0n) is 16.9. The number of carbonyl (C=O) groups excluding carboxylic acids is 1. The number of urea groups is 1. The molecule has 2 aliphatic heterocycles. The van der Waals surface area contributed by atoms with Crippen LogP contribution in [-0.2, 0) is 0 Å². The van der Waals surface area contributed by atoms with Crippen LogP contribution in [0.2, 0.25) is 0 Å². The van der Waals surface area contributed by atoms with E-state index in [1.807, 2.05) is 4.90 Å². The van der Waals surface area contributed by atoms with Gasteiger partial charge in [0.2, 0.25) is 0 Å². The molecule has 0 unspecified atom stereocenters. The van der Waals surface area contributed by atoms with Crippen LogP contribution in [0, 0.1) is 23.5 Å². The zero-order valence-corrected chi connectivity index (χ0v) is 16.9. The molecule has 3 rings (SSSR count). The molecule has 2 heterocycles. The molecule has 28 heavy (non-hydrogen) atoms. The van der Waals surface area contributed by atoms with Crippen molar-refractivity contribution in [2.75, 3.05) is 44.2 Å². The van der Waals surface area contributed by atoms with Crippen LogP contribution in [0.4, 0.5) is 19.3 Å². The average molecular weight is 395 g/mol. The van der Waals surface area contributed by atoms with Crippen LogP contribution in [0.15, 0.2) is 18.2 Å². The van der Waals surface area contributed by atoms with Gasteiger partial charge >= 0.3 is 6.03 Å². The summed E-state index contributed by atoms with van der Waals surface area (Å²) in [6.07, 6.45) is 3.44. The quantitative estimate of drug-likeness (QED) is 0.779. The number of piperidine rings is 1. The lowest BCUT2D eigenvalue weighted by Crippen LogP contribution is -2.48. The summed E-state index contributed by atoms with van der Waals surface area (Å²) in [4.78, 5) is 16.6. The van der Waals surface area contributed by atoms with Crippen LogP contribution >= 0.6 is 0 Å². The minimum atomic E-state index is -0.828. The van der Waals surface area contributed by atoms with Gasteiger partial charge in [-0.05, 0) is 56.7 Å². The molecule has 2 amide bonds. The lowest BCUT2D eigenvalue weighted by molar-refractivity contribution is 0.137. The lowest BCUT2D eigenvalue weighted by Gasteiger charge is -2.35. The predicted octanol–water partition coefficient (Wildman–Crippen LogP) is 3.21. The number of rotatable bonds is 6. The van der Waals surface area contributed by atoms with E-state index in [4.69, 9.17) is 0 Å². The van der Waals surface area contributed by atoms with Crippen LogP contribution in [0.5, 0.6) is 0 Å². The molecule has 7 heteroatoms. The van der Waals surface area contributed by atoms with E-state index < -0.39 is 11.6 Å². The smallest absolute Gasteiger partial charge is 0.314 e. The monoisotopic (exact) mass is 394 g/mol. The van der Waals surface area contributed by atoms with E-state index in [1.165, 1.54) is 18.9 Å². The molecule has 3 atom stereocenters. The third-order valence-corrected chi connectivity index (χ3v) is 5.98. The van der Waals surface area contributed by atoms with Crippen molar-refractivity contribution < 1.29 is 13.6 Å². The van der Waals surface area contributed by atoms with E-state index in [0.29, 0.717) is 30.7 Å². The maximum Gasteiger partial charge on any atom is 0.314 e. The number of benzene rings is 1. The van der Waals surface area contributed by atoms with Crippen molar-refractivity contribution in [2.24, 2.45) is 11.8 Å². The summed E-state index contributed by atoms with van der Waals surface area (Å²) in [5, 5.41) is 5.93. The third kappa shape index (κ3) is 5.56. The van der Waals surface area contributed by atoms with E-state index in [1.54, 1.807) is 6.07 Å². The van der Waals surface area contributed by atoms with Crippen molar-refractivity contribution in [1.82, 2.24) is 15.5 Å². The van der Waals surface area contributed by atoms with Gasteiger partial charge in [0.05, 0.1) is 0 Å². The number of hydrogen-bond acceptors (Lipinski definition) is 3. The number of halogens is 2. The molecule has 0 aliphatic carbocycles. The molecule has 2 N–H and O–H groups in total. The molecule has 0 saturated carbocycles. The normalized spacial score (nSPS) is 24.2. The summed E-state index contributed by atoms with van der Waals surface area (Å²) < 4.78 is 26.5. The van der Waals surface area contributed by atoms with Gasteiger partial charge in [0, 0.05) is 50.5 Å². The molecule has 0 bridgehead atoms. The number of likely N-dealkylation sites (tertiary alicyclic amines) is 1. The molecule has 2 aliphatic rings. The van der Waals surface area contributed by atoms with Crippen LogP contribution in [0.3, 0.4) is 0 Å². The van der Waals surface area contributed by atoms with Crippen molar-refractivity contribution in [3.05, 3.63) is 29.8 Å². The number of hydrogen-bond donors (Lipinski definition) is 2. The average Bonchev–Trinajstić information content (AvgIpc) is 3.15. The largest absolute Gasteiger partial charge is 0.371 e. The summed E-state index contributed by atoms with van der Waals surface area (Å²) in [5.74, 6) is -0.620. The SMILES string of the molecule is C[C@@H]1CCCN([C@@H](C)CNC(=O)NC[C@@H]2CCN(c3ccc(F)c(F)c3)C2)C1. The molecule has 5 nitrogen and oxygen atoms in total. The molecule has 0 spiro atoms. The molecule has 2 saturated heterocycles. The summed E-state index contributed by atoms with van der Waals surface area (Å²) in [7, 11) is 0. The van der Waals surface area contributed by atoms with Gasteiger partial charge in [-0.2, -0.15) is 0 Å². The molecule has 156 valence electrons. The number of amides is 2. The second-order valence-corrected chi connectivity index (χ2v) is 8.38. The fourth-order valence-electron chi connectivity index (χ4n) is 4.21. The Balaban J connectivity index is 1.36. The molecule has 0 radical (unpaired) electrons. The molecule has 1 aromatic rings. The van der Waals surface area contributed by atoms with Crippen LogP contribution in [0.1, 0.15) is 33.1 Å². The van der Waals surface area contributed by atoms with Crippen LogP contribution in [0.25, 0.3) is 0 Å². The standard InChI is InChI=1S/C21H32F2N4O/c1-15-4-3-8-26(13-15)16(2)11-24-21(28)25-12-17-7-9-27(14-17)18-5-6-19(22)20(23)10-18/h5-6,10,15-17H,3-4,7-9,11-14H2,1-2H3,(H2,24,25,28)/t15-,16+,17+/m1/s1. The van der Waals surface area contributed by atoms with Gasteiger partial charge < -0.3 is 15.5 Å². The first-order valence-electron chi connectivity index (χ1n) is 10.4. The van der Waals surface area contributed by atoms with Crippen molar-refractivity contribution in [3.8, 4) is 0 Å². The topological polar surface area (TPSA) is 47.6 Å². The van der Waals surface area contributed by atoms with E-state index in [2.05, 4.69) is 29.4 Å². The minimum Gasteiger partial charge on any atom is -0.371 e. The van der Waals surface area contributed by atoms with Gasteiger partial charge in [-0.25, -0.2) is 13.6 Å². The summed E-state index contributed by atoms with van der Waals surface area (Å²) in [6.45, 7) is 9.39. The Hall–Kier alpha value is -1.89. The Morgan fingerprint density at radius 3 is 2.75 bits per heavy atom. The molecule has 1 aromatic carbocycles. The molecule has 0 aromatic heterocycles. The number of nitrogens with one attached hydrogen (secondary N) is 2. The van der Waals surface area contributed by atoms with Crippen molar-refractivity contribution in [1.29, 1.82) is 0 Å². The zero-order chi connectivity index (χ0) is 20.1. The van der Waals surface area contributed by atoms with Crippen LogP contribution < -0.4 is 15.5 Å². The Labute approximate surface area is 166 Å². The fraction of sp³-hybridized carbons (Fsp3) is 0.667. The Kier molecular flexibility index (Phi) is 7.10. The Morgan fingerprint density at radius 2 is 2.00 bits per heavy atom. The lowest BCUT2D eigenvalue weighted by atomic mass is 9.99. The van der Waals surface area contributed by atoms with Gasteiger partial charge in [0.15, 0.2) is 11.6 Å². The van der Waals surface area contributed by atoms with Crippen LogP contribution in [-0.4, -0.2) is 56.2 Å². The molecule has 2 fully saturated rings. The van der Waals surface area contributed by atoms with E-state index in [-0.39, 0.29) is 6.03 Å². The molecular weight excluding hydrogens is 362 g/mol. The maximum atomic E-state index is 13.4. The highest BCUT2D eigenvalue weighted by molar-refractivity contribution is 5.73. The first kappa shape index (κ1) is 20.8. The second kappa shape index (κ2) is 9.54. The van der Waals surface area contributed by atoms with Gasteiger partial charge in [0.1, 0.15) is 0 Å². The maximum absolute atomic E-state index is 13.4. The number of carbonyl (C=O) groups is 1. The van der Waals surface area contributed by atoms with Crippen molar-refractivity contribution >= 4 is 11.7 Å². The summed E-state index contributed by atoms with van der Waals surface area (Å²) in [6, 6.07) is 4.20. The van der Waals surface area contributed by atoms with Gasteiger partial charge in [0.25, 0.3) is 0 Å². The highest BCUT2D eigenvalue weighted by atomic mass is 19.2. The first-order valence-corrected chi connectivity index (χ1v) is 10.4. The number of nitrogens with zero attached hydrogens (tertiary/aromatic N) is 2. The summed E-state index contributed by atoms with van der Waals surface area (Å²) in [5.41, 5.74) is 0.690. The van der Waals surface area contributed by atoms with Crippen molar-refractivity contribution in [2.45, 2.75) is 39.2 Å². The van der Waals surface area contributed by atoms with Gasteiger partial charge in [-0.3, -0.25) is 4.90 Å². The minimum absolute atomic E-state index is 0.136. The van der Waals surface area contributed by atoms with Gasteiger partial charge in [-0.15, -0.1) is 0 Å². The molecular formula is C21H32F2N4O. The predicted molar refractivity (Wildman–Crippen MR) is 108 cm³/mol. The second-order valence-electron chi connectivity index (χ2n) is 8.38. The highest BCUT2D eigenvalue weighted by Gasteiger charge is 2.24. The highest BCUT2D eigenvalue weighted by Crippen LogP contribution is 2.25. The summed E-state index contributed by atoms with van der Waals surface area (Å²) >= 11 is 0. The van der Waals surface area contributed by atoms with Gasteiger partial charge in [-0.1, -0.05) is 6.92 Å². The van der Waals surface area contributed by atoms with E-state index in [0.717, 1.165) is 44.6 Å².